The topological polar surface area (TPSA) is 82.0 Å². The van der Waals surface area contributed by atoms with Crippen LogP contribution in [0.3, 0.4) is 0 Å². The highest BCUT2D eigenvalue weighted by Gasteiger charge is 2.36. The zero-order valence-electron chi connectivity index (χ0n) is 15.5. The van der Waals surface area contributed by atoms with E-state index in [2.05, 4.69) is 5.32 Å². The fraction of sp³-hybridized carbons (Fsp3) is 0.524. The number of para-hydroxylation sites is 1. The Morgan fingerprint density at radius 1 is 1.27 bits per heavy atom. The molecule has 2 rings (SSSR count). The fourth-order valence-corrected chi connectivity index (χ4v) is 3.63. The molecule has 0 amide bonds. The zero-order chi connectivity index (χ0) is 18.8. The van der Waals surface area contributed by atoms with Crippen LogP contribution in [0.2, 0.25) is 0 Å². The van der Waals surface area contributed by atoms with Gasteiger partial charge in [0.05, 0.1) is 0 Å². The van der Waals surface area contributed by atoms with Gasteiger partial charge >= 0.3 is 0 Å². The monoisotopic (exact) mass is 361 g/mol. The van der Waals surface area contributed by atoms with Crippen molar-refractivity contribution >= 4 is 0 Å². The van der Waals surface area contributed by atoms with Gasteiger partial charge in [0.15, 0.2) is 0 Å². The van der Waals surface area contributed by atoms with E-state index in [1.165, 1.54) is 0 Å². The van der Waals surface area contributed by atoms with Gasteiger partial charge in [-0.2, -0.15) is 0 Å². The summed E-state index contributed by atoms with van der Waals surface area (Å²) < 4.78 is 5.58. The Morgan fingerprint density at radius 3 is 2.58 bits per heavy atom. The van der Waals surface area contributed by atoms with Crippen molar-refractivity contribution in [3.63, 3.8) is 0 Å². The first-order valence-corrected chi connectivity index (χ1v) is 9.33. The molecule has 0 heterocycles. The highest BCUT2D eigenvalue weighted by atomic mass is 16.5. The number of rotatable bonds is 10. The van der Waals surface area contributed by atoms with Crippen molar-refractivity contribution in [1.82, 2.24) is 5.32 Å². The molecule has 5 nitrogen and oxygen atoms in total. The quantitative estimate of drug-likeness (QED) is 0.380. The number of allylic oxidation sites excluding steroid dienone is 2. The van der Waals surface area contributed by atoms with E-state index in [1.807, 2.05) is 43.3 Å². The minimum Gasteiger partial charge on any atom is -0.510 e. The van der Waals surface area contributed by atoms with Gasteiger partial charge in [-0.3, -0.25) is 0 Å². The average Bonchev–Trinajstić information content (AvgIpc) is 3.14. The minimum atomic E-state index is -0.593. The molecule has 0 radical (unpaired) electrons. The molecule has 1 aliphatic rings. The van der Waals surface area contributed by atoms with E-state index >= 15 is 0 Å². The summed E-state index contributed by atoms with van der Waals surface area (Å²) in [6, 6.07) is 9.46. The molecule has 144 valence electrons. The smallest absolute Gasteiger partial charge is 0.119 e. The van der Waals surface area contributed by atoms with Gasteiger partial charge in [0, 0.05) is 18.5 Å². The Labute approximate surface area is 156 Å². The molecule has 26 heavy (non-hydrogen) atoms. The van der Waals surface area contributed by atoms with Crippen LogP contribution < -0.4 is 10.1 Å². The Kier molecular flexibility index (Phi) is 8.16. The van der Waals surface area contributed by atoms with Crippen molar-refractivity contribution in [1.29, 1.82) is 0 Å². The molecule has 0 bridgehead atoms. The summed E-state index contributed by atoms with van der Waals surface area (Å²) in [5.41, 5.74) is 0.988. The maximum absolute atomic E-state index is 10.2. The second-order valence-electron chi connectivity index (χ2n) is 6.93. The fourth-order valence-electron chi connectivity index (χ4n) is 3.63. The van der Waals surface area contributed by atoms with Crippen LogP contribution in [0.4, 0.5) is 0 Å². The molecule has 0 aliphatic heterocycles. The summed E-state index contributed by atoms with van der Waals surface area (Å²) in [7, 11) is 0. The molecule has 5 heteroatoms. The van der Waals surface area contributed by atoms with Crippen molar-refractivity contribution in [2.75, 3.05) is 26.3 Å². The summed E-state index contributed by atoms with van der Waals surface area (Å²) >= 11 is 0. The summed E-state index contributed by atoms with van der Waals surface area (Å²) in [6.07, 6.45) is 7.45. The lowest BCUT2D eigenvalue weighted by molar-refractivity contribution is 0.104. The predicted octanol–water partition coefficient (Wildman–Crippen LogP) is 2.96. The van der Waals surface area contributed by atoms with Crippen molar-refractivity contribution in [2.45, 2.75) is 38.7 Å². The van der Waals surface area contributed by atoms with Crippen LogP contribution in [0.25, 0.3) is 0 Å². The zero-order valence-corrected chi connectivity index (χ0v) is 15.5. The molecule has 1 saturated carbocycles. The van der Waals surface area contributed by atoms with E-state index in [9.17, 15) is 10.2 Å². The number of ether oxygens (including phenoxy) is 1. The maximum atomic E-state index is 10.2. The summed E-state index contributed by atoms with van der Waals surface area (Å²) in [5.74, 6) is 0.736. The van der Waals surface area contributed by atoms with Crippen molar-refractivity contribution in [3.8, 4) is 5.75 Å². The lowest BCUT2D eigenvalue weighted by Gasteiger charge is -2.31. The molecular formula is C21H31NO4. The first kappa shape index (κ1) is 20.5. The number of nitrogens with one attached hydrogen (secondary N) is 1. The molecule has 1 atom stereocenters. The SMILES string of the molecule is C/C=C(\C=C(\O)CO)C1(CNCC(O)COc2ccccc2)CCCC1. The number of benzene rings is 1. The molecular weight excluding hydrogens is 330 g/mol. The molecule has 1 aromatic carbocycles. The van der Waals surface area contributed by atoms with E-state index in [4.69, 9.17) is 9.84 Å². The highest BCUT2D eigenvalue weighted by Crippen LogP contribution is 2.44. The molecule has 4 N–H and O–H groups in total. The maximum Gasteiger partial charge on any atom is 0.119 e. The molecule has 0 spiro atoms. The molecule has 1 fully saturated rings. The number of aliphatic hydroxyl groups is 3. The average molecular weight is 361 g/mol. The normalized spacial score (nSPS) is 18.7. The molecule has 0 aromatic heterocycles. The van der Waals surface area contributed by atoms with E-state index in [1.54, 1.807) is 6.08 Å². The Bertz CT molecular complexity index is 591. The van der Waals surface area contributed by atoms with Gasteiger partial charge in [0.1, 0.15) is 30.8 Å². The van der Waals surface area contributed by atoms with Crippen LogP contribution in [0.5, 0.6) is 5.75 Å². The number of hydrogen-bond donors (Lipinski definition) is 4. The third-order valence-electron chi connectivity index (χ3n) is 5.00. The lowest BCUT2D eigenvalue weighted by atomic mass is 9.77. The minimum absolute atomic E-state index is 0.0133. The summed E-state index contributed by atoms with van der Waals surface area (Å²) in [6.45, 7) is 3.02. The third kappa shape index (κ3) is 5.87. The van der Waals surface area contributed by atoms with Crippen molar-refractivity contribution in [3.05, 3.63) is 53.8 Å². The Balaban J connectivity index is 1.86. The van der Waals surface area contributed by atoms with Gasteiger partial charge in [0.2, 0.25) is 0 Å². The molecule has 0 saturated heterocycles. The van der Waals surface area contributed by atoms with Crippen LogP contribution in [-0.2, 0) is 0 Å². The Hall–Kier alpha value is -1.82. The lowest BCUT2D eigenvalue weighted by Crippen LogP contribution is -2.39. The van der Waals surface area contributed by atoms with Gasteiger partial charge in [-0.25, -0.2) is 0 Å². The first-order chi connectivity index (χ1) is 12.6. The van der Waals surface area contributed by atoms with Crippen LogP contribution in [-0.4, -0.2) is 47.7 Å². The van der Waals surface area contributed by atoms with E-state index in [0.29, 0.717) is 6.54 Å². The van der Waals surface area contributed by atoms with Crippen LogP contribution >= 0.6 is 0 Å². The molecule has 1 unspecified atom stereocenters. The van der Waals surface area contributed by atoms with Crippen LogP contribution in [0.1, 0.15) is 32.6 Å². The van der Waals surface area contributed by atoms with Crippen molar-refractivity contribution < 1.29 is 20.1 Å². The Morgan fingerprint density at radius 2 is 1.96 bits per heavy atom. The van der Waals surface area contributed by atoms with E-state index in [-0.39, 0.29) is 24.4 Å². The van der Waals surface area contributed by atoms with Gasteiger partial charge in [0.25, 0.3) is 0 Å². The number of aliphatic hydroxyl groups excluding tert-OH is 3. The van der Waals surface area contributed by atoms with Gasteiger partial charge < -0.3 is 25.4 Å². The summed E-state index contributed by atoms with van der Waals surface area (Å²) in [4.78, 5) is 0. The standard InChI is InChI=1S/C21H31NO4/c1-2-17(12-18(24)14-23)21(10-6-7-11-21)16-22-13-19(25)15-26-20-8-4-3-5-9-20/h2-5,8-9,12,19,22-25H,6-7,10-11,13-16H2,1H3/b17-2+,18-12+. The van der Waals surface area contributed by atoms with Gasteiger partial charge in [-0.05, 0) is 43.5 Å². The third-order valence-corrected chi connectivity index (χ3v) is 5.00. The largest absolute Gasteiger partial charge is 0.510 e. The molecule has 1 aliphatic carbocycles. The molecule has 1 aromatic rings. The van der Waals surface area contributed by atoms with Crippen molar-refractivity contribution in [2.24, 2.45) is 5.41 Å². The van der Waals surface area contributed by atoms with Crippen LogP contribution in [0, 0.1) is 5.41 Å². The second kappa shape index (κ2) is 10.4. The van der Waals surface area contributed by atoms with E-state index in [0.717, 1.165) is 43.6 Å². The second-order valence-corrected chi connectivity index (χ2v) is 6.93. The van der Waals surface area contributed by atoms with Gasteiger partial charge in [-0.15, -0.1) is 0 Å². The highest BCUT2D eigenvalue weighted by molar-refractivity contribution is 5.30. The predicted molar refractivity (Wildman–Crippen MR) is 103 cm³/mol. The van der Waals surface area contributed by atoms with Crippen LogP contribution in [0.15, 0.2) is 53.8 Å². The number of hydrogen-bond acceptors (Lipinski definition) is 5. The first-order valence-electron chi connectivity index (χ1n) is 9.33. The van der Waals surface area contributed by atoms with Gasteiger partial charge in [-0.1, -0.05) is 37.1 Å². The van der Waals surface area contributed by atoms with E-state index < -0.39 is 6.10 Å². The summed E-state index contributed by atoms with van der Waals surface area (Å²) in [5, 5.41) is 32.3.